The molecule has 2 aromatic rings. The van der Waals surface area contributed by atoms with Crippen LogP contribution in [0.15, 0.2) is 36.5 Å². The monoisotopic (exact) mass is 313 g/mol. The lowest BCUT2D eigenvalue weighted by Gasteiger charge is -2.29. The molecule has 0 spiro atoms. The molecule has 0 bridgehead atoms. The van der Waals surface area contributed by atoms with Crippen molar-refractivity contribution in [1.29, 1.82) is 0 Å². The van der Waals surface area contributed by atoms with Crippen molar-refractivity contribution in [3.8, 4) is 5.69 Å². The molecular formula is C17H19N3O3. The molecule has 6 heteroatoms. The molecule has 1 aliphatic heterocycles. The summed E-state index contributed by atoms with van der Waals surface area (Å²) in [5, 5.41) is 13.5. The van der Waals surface area contributed by atoms with E-state index in [1.54, 1.807) is 9.58 Å². The summed E-state index contributed by atoms with van der Waals surface area (Å²) in [5.41, 5.74) is 2.15. The highest BCUT2D eigenvalue weighted by Gasteiger charge is 2.29. The van der Waals surface area contributed by atoms with Gasteiger partial charge in [0, 0.05) is 24.8 Å². The number of hydrogen-bond acceptors (Lipinski definition) is 3. The van der Waals surface area contributed by atoms with E-state index in [0.717, 1.165) is 11.3 Å². The van der Waals surface area contributed by atoms with Crippen LogP contribution in [0.1, 0.15) is 28.9 Å². The zero-order valence-electron chi connectivity index (χ0n) is 13.0. The molecule has 1 fully saturated rings. The first kappa shape index (κ1) is 15.3. The van der Waals surface area contributed by atoms with Crippen LogP contribution in [-0.2, 0) is 4.79 Å². The number of aromatic nitrogens is 2. The summed E-state index contributed by atoms with van der Waals surface area (Å²) in [7, 11) is 0. The van der Waals surface area contributed by atoms with Crippen LogP contribution in [0.25, 0.3) is 5.69 Å². The SMILES string of the molecule is Cc1cn(-c2ccccc2)nc1C(=O)N1CCC(C(=O)O)CC1. The van der Waals surface area contributed by atoms with Gasteiger partial charge in [0.05, 0.1) is 11.6 Å². The van der Waals surface area contributed by atoms with Gasteiger partial charge >= 0.3 is 5.97 Å². The lowest BCUT2D eigenvalue weighted by Crippen LogP contribution is -2.40. The van der Waals surface area contributed by atoms with Crippen molar-refractivity contribution in [1.82, 2.24) is 14.7 Å². The van der Waals surface area contributed by atoms with Gasteiger partial charge in [-0.2, -0.15) is 5.10 Å². The number of nitrogens with zero attached hydrogens (tertiary/aromatic N) is 3. The fraction of sp³-hybridized carbons (Fsp3) is 0.353. The molecule has 0 saturated carbocycles. The van der Waals surface area contributed by atoms with E-state index >= 15 is 0 Å². The maximum absolute atomic E-state index is 12.6. The quantitative estimate of drug-likeness (QED) is 0.942. The topological polar surface area (TPSA) is 75.4 Å². The average Bonchev–Trinajstić information content (AvgIpc) is 2.97. The fourth-order valence-electron chi connectivity index (χ4n) is 2.86. The van der Waals surface area contributed by atoms with Crippen molar-refractivity contribution in [3.05, 3.63) is 47.8 Å². The molecule has 1 aromatic heterocycles. The summed E-state index contributed by atoms with van der Waals surface area (Å²) in [4.78, 5) is 25.3. The third kappa shape index (κ3) is 3.11. The molecule has 23 heavy (non-hydrogen) atoms. The lowest BCUT2D eigenvalue weighted by atomic mass is 9.97. The first-order valence-electron chi connectivity index (χ1n) is 7.70. The van der Waals surface area contributed by atoms with E-state index in [9.17, 15) is 9.59 Å². The first-order chi connectivity index (χ1) is 11.1. The first-order valence-corrected chi connectivity index (χ1v) is 7.70. The second-order valence-corrected chi connectivity index (χ2v) is 5.85. The van der Waals surface area contributed by atoms with E-state index in [1.807, 2.05) is 43.5 Å². The van der Waals surface area contributed by atoms with Crippen LogP contribution in [-0.4, -0.2) is 44.8 Å². The van der Waals surface area contributed by atoms with Crippen LogP contribution in [0.5, 0.6) is 0 Å². The number of rotatable bonds is 3. The highest BCUT2D eigenvalue weighted by Crippen LogP contribution is 2.20. The van der Waals surface area contributed by atoms with Gasteiger partial charge in [-0.3, -0.25) is 9.59 Å². The number of carbonyl (C=O) groups excluding carboxylic acids is 1. The van der Waals surface area contributed by atoms with Crippen molar-refractivity contribution in [2.75, 3.05) is 13.1 Å². The number of carboxylic acids is 1. The van der Waals surface area contributed by atoms with Crippen molar-refractivity contribution in [2.45, 2.75) is 19.8 Å². The van der Waals surface area contributed by atoms with E-state index < -0.39 is 5.97 Å². The Labute approximate surface area is 134 Å². The number of piperidine rings is 1. The second-order valence-electron chi connectivity index (χ2n) is 5.85. The summed E-state index contributed by atoms with van der Waals surface area (Å²) in [6.07, 6.45) is 2.84. The minimum absolute atomic E-state index is 0.124. The van der Waals surface area contributed by atoms with Gasteiger partial charge in [-0.05, 0) is 31.9 Å². The number of carbonyl (C=O) groups is 2. The Morgan fingerprint density at radius 1 is 1.17 bits per heavy atom. The Hall–Kier alpha value is -2.63. The Morgan fingerprint density at radius 2 is 1.83 bits per heavy atom. The number of carboxylic acid groups (broad SMARTS) is 1. The third-order valence-electron chi connectivity index (χ3n) is 4.25. The van der Waals surface area contributed by atoms with Crippen molar-refractivity contribution >= 4 is 11.9 Å². The normalized spacial score (nSPS) is 15.6. The molecular weight excluding hydrogens is 294 g/mol. The highest BCUT2D eigenvalue weighted by atomic mass is 16.4. The number of aryl methyl sites for hydroxylation is 1. The summed E-state index contributed by atoms with van der Waals surface area (Å²) in [6, 6.07) is 9.63. The second kappa shape index (κ2) is 6.24. The van der Waals surface area contributed by atoms with Crippen molar-refractivity contribution in [3.63, 3.8) is 0 Å². The Kier molecular flexibility index (Phi) is 4.14. The largest absolute Gasteiger partial charge is 0.481 e. The minimum atomic E-state index is -0.776. The van der Waals surface area contributed by atoms with Gasteiger partial charge < -0.3 is 10.0 Å². The molecule has 120 valence electrons. The molecule has 6 nitrogen and oxygen atoms in total. The third-order valence-corrected chi connectivity index (χ3v) is 4.25. The van der Waals surface area contributed by atoms with Crippen molar-refractivity contribution in [2.24, 2.45) is 5.92 Å². The highest BCUT2D eigenvalue weighted by molar-refractivity contribution is 5.93. The number of aliphatic carboxylic acids is 1. The zero-order chi connectivity index (χ0) is 16.4. The van der Waals surface area contributed by atoms with Crippen molar-refractivity contribution < 1.29 is 14.7 Å². The van der Waals surface area contributed by atoms with Gasteiger partial charge in [0.1, 0.15) is 0 Å². The maximum atomic E-state index is 12.6. The zero-order valence-corrected chi connectivity index (χ0v) is 13.0. The Bertz CT molecular complexity index is 716. The number of para-hydroxylation sites is 1. The predicted molar refractivity (Wildman–Crippen MR) is 84.6 cm³/mol. The molecule has 2 heterocycles. The fourth-order valence-corrected chi connectivity index (χ4v) is 2.86. The Morgan fingerprint density at radius 3 is 2.43 bits per heavy atom. The average molecular weight is 313 g/mol. The van der Waals surface area contributed by atoms with Gasteiger partial charge in [0.25, 0.3) is 5.91 Å². The van der Waals surface area contributed by atoms with E-state index in [-0.39, 0.29) is 11.8 Å². The lowest BCUT2D eigenvalue weighted by molar-refractivity contribution is -0.143. The van der Waals surface area contributed by atoms with Gasteiger partial charge in [0.2, 0.25) is 0 Å². The number of hydrogen-bond donors (Lipinski definition) is 1. The summed E-state index contributed by atoms with van der Waals surface area (Å²) in [6.45, 7) is 2.80. The number of likely N-dealkylation sites (tertiary alicyclic amines) is 1. The molecule has 0 radical (unpaired) electrons. The van der Waals surface area contributed by atoms with Crippen LogP contribution >= 0.6 is 0 Å². The molecule has 0 aliphatic carbocycles. The van der Waals surface area contributed by atoms with Gasteiger partial charge in [-0.25, -0.2) is 4.68 Å². The van der Waals surface area contributed by atoms with Crippen LogP contribution < -0.4 is 0 Å². The van der Waals surface area contributed by atoms with E-state index in [4.69, 9.17) is 5.11 Å². The van der Waals surface area contributed by atoms with Gasteiger partial charge in [-0.15, -0.1) is 0 Å². The van der Waals surface area contributed by atoms with Crippen LogP contribution in [0.4, 0.5) is 0 Å². The van der Waals surface area contributed by atoms with Gasteiger partial charge in [-0.1, -0.05) is 18.2 Å². The smallest absolute Gasteiger partial charge is 0.306 e. The van der Waals surface area contributed by atoms with E-state index in [1.165, 1.54) is 0 Å². The molecule has 1 N–H and O–H groups in total. The summed E-state index contributed by atoms with van der Waals surface area (Å²) < 4.78 is 1.70. The summed E-state index contributed by atoms with van der Waals surface area (Å²) in [5.74, 6) is -1.25. The number of benzene rings is 1. The number of amides is 1. The van der Waals surface area contributed by atoms with Crippen LogP contribution in [0, 0.1) is 12.8 Å². The van der Waals surface area contributed by atoms with Gasteiger partial charge in [0.15, 0.2) is 5.69 Å². The molecule has 3 rings (SSSR count). The molecule has 1 amide bonds. The predicted octanol–water partition coefficient (Wildman–Crippen LogP) is 2.12. The molecule has 1 aromatic carbocycles. The van der Waals surface area contributed by atoms with E-state index in [2.05, 4.69) is 5.10 Å². The molecule has 0 unspecified atom stereocenters. The molecule has 1 aliphatic rings. The van der Waals surface area contributed by atoms with Crippen LogP contribution in [0.3, 0.4) is 0 Å². The summed E-state index contributed by atoms with van der Waals surface area (Å²) >= 11 is 0. The minimum Gasteiger partial charge on any atom is -0.481 e. The maximum Gasteiger partial charge on any atom is 0.306 e. The van der Waals surface area contributed by atoms with E-state index in [0.29, 0.717) is 31.6 Å². The molecule has 0 atom stereocenters. The molecule has 1 saturated heterocycles. The van der Waals surface area contributed by atoms with Crippen LogP contribution in [0.2, 0.25) is 0 Å². The Balaban J connectivity index is 1.76. The standard InChI is InChI=1S/C17H19N3O3/c1-12-11-20(14-5-3-2-4-6-14)18-15(12)16(21)19-9-7-13(8-10-19)17(22)23/h2-6,11,13H,7-10H2,1H3,(H,22,23).